The number of rotatable bonds is 1. The molecule has 2 N–H and O–H groups in total. The quantitative estimate of drug-likeness (QED) is 0.755. The average Bonchev–Trinajstić information content (AvgIpc) is 2.98. The number of aromatic hydroxyl groups is 1. The minimum Gasteiger partial charge on any atom is -0.504 e. The highest BCUT2D eigenvalue weighted by atomic mass is 16.5. The number of likely N-dealkylation sites (tertiary alicyclic amines) is 1. The molecule has 4 aliphatic rings. The lowest BCUT2D eigenvalue weighted by Crippen LogP contribution is -2.66. The van der Waals surface area contributed by atoms with Crippen molar-refractivity contribution in [2.45, 2.75) is 70.1 Å². The fourth-order valence-electron chi connectivity index (χ4n) is 6.11. The summed E-state index contributed by atoms with van der Waals surface area (Å²) >= 11 is 0. The van der Waals surface area contributed by atoms with E-state index >= 15 is 0 Å². The molecule has 2 aliphatic carbocycles. The summed E-state index contributed by atoms with van der Waals surface area (Å²) in [6, 6.07) is 1.94. The van der Waals surface area contributed by atoms with E-state index in [2.05, 4.69) is 11.9 Å². The topological polar surface area (TPSA) is 70.0 Å². The van der Waals surface area contributed by atoms with Crippen LogP contribution in [0.25, 0.3) is 0 Å². The smallest absolute Gasteiger partial charge is 0.165 e. The van der Waals surface area contributed by atoms with Crippen LogP contribution in [-0.2, 0) is 11.8 Å². The molecule has 5 rings (SSSR count). The Labute approximate surface area is 155 Å². The Bertz CT molecular complexity index is 761. The predicted molar refractivity (Wildman–Crippen MR) is 99.0 cm³/mol. The molecule has 1 spiro atoms. The van der Waals surface area contributed by atoms with E-state index in [0.717, 1.165) is 43.4 Å². The molecule has 2 aliphatic heterocycles. The first-order valence-electron chi connectivity index (χ1n) is 9.90. The standard InChI is InChI=1S/C19H23NO4.C2H6/c1-9(21)10-8-15(23)17-16-11(10)7-13-12-3-4-14(22)18(24-17)19(12,16)5-6-20(13)2;1-2/h8,12-14,18,22-23H,3-7H2,1-2H3;1-2H3. The van der Waals surface area contributed by atoms with E-state index in [1.54, 1.807) is 13.0 Å². The summed E-state index contributed by atoms with van der Waals surface area (Å²) in [5, 5.41) is 21.1. The molecule has 142 valence electrons. The maximum atomic E-state index is 12.2. The number of phenolic OH excluding ortho intramolecular Hbond substituents is 1. The number of hydrogen-bond acceptors (Lipinski definition) is 5. The third-order valence-electron chi connectivity index (χ3n) is 7.07. The van der Waals surface area contributed by atoms with Gasteiger partial charge in [0.1, 0.15) is 6.10 Å². The maximum absolute atomic E-state index is 12.2. The average molecular weight is 359 g/mol. The summed E-state index contributed by atoms with van der Waals surface area (Å²) in [6.07, 6.45) is 2.64. The van der Waals surface area contributed by atoms with Crippen molar-refractivity contribution in [3.05, 3.63) is 22.8 Å². The van der Waals surface area contributed by atoms with Gasteiger partial charge in [0.25, 0.3) is 0 Å². The molecule has 1 aromatic carbocycles. The number of aliphatic hydroxyl groups is 1. The second kappa shape index (κ2) is 5.96. The molecule has 5 heteroatoms. The zero-order valence-electron chi connectivity index (χ0n) is 16.1. The molecule has 5 nitrogen and oxygen atoms in total. The number of carbonyl (C=O) groups is 1. The summed E-state index contributed by atoms with van der Waals surface area (Å²) in [7, 11) is 2.16. The lowest BCUT2D eigenvalue weighted by atomic mass is 9.51. The highest BCUT2D eigenvalue weighted by molar-refractivity contribution is 5.97. The van der Waals surface area contributed by atoms with Crippen LogP contribution in [0.15, 0.2) is 6.07 Å². The fraction of sp³-hybridized carbons (Fsp3) is 0.667. The van der Waals surface area contributed by atoms with Crippen molar-refractivity contribution in [2.75, 3.05) is 13.6 Å². The van der Waals surface area contributed by atoms with Crippen molar-refractivity contribution in [1.29, 1.82) is 0 Å². The van der Waals surface area contributed by atoms with Gasteiger partial charge >= 0.3 is 0 Å². The molecule has 2 fully saturated rings. The Morgan fingerprint density at radius 1 is 1.35 bits per heavy atom. The lowest BCUT2D eigenvalue weighted by molar-refractivity contribution is -0.0993. The Kier molecular flexibility index (Phi) is 4.08. The van der Waals surface area contributed by atoms with E-state index in [-0.39, 0.29) is 23.1 Å². The summed E-state index contributed by atoms with van der Waals surface area (Å²) in [4.78, 5) is 14.6. The second-order valence-corrected chi connectivity index (χ2v) is 8.01. The molecular weight excluding hydrogens is 330 g/mol. The number of hydrogen-bond donors (Lipinski definition) is 2. The molecule has 0 aromatic heterocycles. The highest BCUT2D eigenvalue weighted by Crippen LogP contribution is 2.64. The number of likely N-dealkylation sites (N-methyl/N-ethyl adjacent to an activating group) is 1. The minimum atomic E-state index is -0.510. The van der Waals surface area contributed by atoms with Crippen LogP contribution in [-0.4, -0.2) is 52.7 Å². The van der Waals surface area contributed by atoms with Crippen LogP contribution in [0.3, 0.4) is 0 Å². The van der Waals surface area contributed by atoms with Crippen LogP contribution in [0, 0.1) is 5.92 Å². The van der Waals surface area contributed by atoms with Crippen molar-refractivity contribution in [3.8, 4) is 11.5 Å². The third kappa shape index (κ3) is 2.01. The van der Waals surface area contributed by atoms with Crippen LogP contribution in [0.5, 0.6) is 11.5 Å². The number of carbonyl (C=O) groups excluding carboxylic acids is 1. The molecule has 1 saturated carbocycles. The van der Waals surface area contributed by atoms with Crippen molar-refractivity contribution in [3.63, 3.8) is 0 Å². The van der Waals surface area contributed by atoms with E-state index in [9.17, 15) is 15.0 Å². The van der Waals surface area contributed by atoms with Crippen LogP contribution in [0.2, 0.25) is 0 Å². The summed E-state index contributed by atoms with van der Waals surface area (Å²) in [5.74, 6) is 0.971. The molecule has 0 radical (unpaired) electrons. The molecule has 0 amide bonds. The van der Waals surface area contributed by atoms with Gasteiger partial charge in [-0.2, -0.15) is 0 Å². The first-order chi connectivity index (χ1) is 12.4. The lowest BCUT2D eigenvalue weighted by Gasteiger charge is -2.58. The molecule has 1 aromatic rings. The maximum Gasteiger partial charge on any atom is 0.165 e. The second-order valence-electron chi connectivity index (χ2n) is 8.01. The van der Waals surface area contributed by atoms with Crippen LogP contribution < -0.4 is 4.74 Å². The zero-order chi connectivity index (χ0) is 18.8. The van der Waals surface area contributed by atoms with Gasteiger partial charge in [-0.25, -0.2) is 0 Å². The van der Waals surface area contributed by atoms with Gasteiger partial charge in [0.05, 0.1) is 6.10 Å². The first-order valence-corrected chi connectivity index (χ1v) is 9.90. The van der Waals surface area contributed by atoms with Gasteiger partial charge in [-0.05, 0) is 63.7 Å². The molecule has 2 heterocycles. The summed E-state index contributed by atoms with van der Waals surface area (Å²) in [6.45, 7) is 6.52. The fourth-order valence-corrected chi connectivity index (χ4v) is 6.11. The largest absolute Gasteiger partial charge is 0.504 e. The number of Topliss-reactive ketones (excluding diaryl/α,β-unsaturated/α-hetero) is 1. The van der Waals surface area contributed by atoms with Crippen molar-refractivity contribution >= 4 is 5.78 Å². The molecule has 2 bridgehead atoms. The van der Waals surface area contributed by atoms with Crippen molar-refractivity contribution < 1.29 is 19.7 Å². The minimum absolute atomic E-state index is 0.0153. The Balaban J connectivity index is 0.000000814. The van der Waals surface area contributed by atoms with Crippen molar-refractivity contribution in [1.82, 2.24) is 4.90 Å². The van der Waals surface area contributed by atoms with Crippen LogP contribution in [0.4, 0.5) is 0 Å². The summed E-state index contributed by atoms with van der Waals surface area (Å²) in [5.41, 5.74) is 2.44. The predicted octanol–water partition coefficient (Wildman–Crippen LogP) is 2.65. The Morgan fingerprint density at radius 3 is 2.77 bits per heavy atom. The van der Waals surface area contributed by atoms with E-state index in [1.807, 2.05) is 13.8 Å². The SMILES string of the molecule is CC.CC(=O)c1cc(O)c2c3c1CC1C4CCC(O)C(O2)C34CCN1C. The van der Waals surface area contributed by atoms with Gasteiger partial charge in [0.15, 0.2) is 17.3 Å². The Hall–Kier alpha value is -1.59. The molecule has 26 heavy (non-hydrogen) atoms. The van der Waals surface area contributed by atoms with E-state index in [4.69, 9.17) is 4.74 Å². The van der Waals surface area contributed by atoms with Gasteiger partial charge in [-0.1, -0.05) is 13.8 Å². The van der Waals surface area contributed by atoms with Gasteiger partial charge in [-0.3, -0.25) is 4.79 Å². The van der Waals surface area contributed by atoms with Crippen LogP contribution in [0.1, 0.15) is 61.5 Å². The third-order valence-corrected chi connectivity index (χ3v) is 7.07. The van der Waals surface area contributed by atoms with Gasteiger partial charge < -0.3 is 19.8 Å². The number of ether oxygens (including phenoxy) is 1. The van der Waals surface area contributed by atoms with Gasteiger partial charge in [0.2, 0.25) is 0 Å². The zero-order valence-corrected chi connectivity index (χ0v) is 16.1. The molecular formula is C21H29NO4. The molecule has 1 saturated heterocycles. The number of aliphatic hydroxyl groups excluding tert-OH is 1. The first kappa shape index (κ1) is 17.8. The highest BCUT2D eigenvalue weighted by Gasteiger charge is 2.65. The van der Waals surface area contributed by atoms with E-state index in [0.29, 0.717) is 23.3 Å². The number of phenols is 1. The number of ketones is 1. The summed E-state index contributed by atoms with van der Waals surface area (Å²) < 4.78 is 6.16. The Morgan fingerprint density at radius 2 is 2.08 bits per heavy atom. The van der Waals surface area contributed by atoms with E-state index in [1.165, 1.54) is 0 Å². The van der Waals surface area contributed by atoms with Gasteiger partial charge in [-0.15, -0.1) is 0 Å². The molecule has 5 atom stereocenters. The monoisotopic (exact) mass is 359 g/mol. The number of nitrogens with zero attached hydrogens (tertiary/aromatic N) is 1. The molecule has 5 unspecified atom stereocenters. The number of benzene rings is 1. The number of piperidine rings is 1. The normalized spacial score (nSPS) is 36.5. The van der Waals surface area contributed by atoms with E-state index < -0.39 is 6.10 Å². The van der Waals surface area contributed by atoms with Crippen molar-refractivity contribution in [2.24, 2.45) is 5.92 Å². The van der Waals surface area contributed by atoms with Gasteiger partial charge in [0, 0.05) is 22.6 Å². The van der Waals surface area contributed by atoms with Crippen LogP contribution >= 0.6 is 0 Å².